The van der Waals surface area contributed by atoms with Crippen molar-refractivity contribution in [1.29, 1.82) is 0 Å². The van der Waals surface area contributed by atoms with Gasteiger partial charge in [0.1, 0.15) is 0 Å². The summed E-state index contributed by atoms with van der Waals surface area (Å²) in [6.07, 6.45) is 3.42. The first-order chi connectivity index (χ1) is 10.2. The van der Waals surface area contributed by atoms with Crippen molar-refractivity contribution in [2.24, 2.45) is 0 Å². The van der Waals surface area contributed by atoms with Crippen molar-refractivity contribution in [2.45, 2.75) is 44.6 Å². The van der Waals surface area contributed by atoms with Crippen LogP contribution in [0.4, 0.5) is 0 Å². The number of fused-ring (bicyclic) bond motifs is 1. The number of ether oxygens (including phenoxy) is 1. The van der Waals surface area contributed by atoms with Crippen LogP contribution in [0.25, 0.3) is 10.2 Å². The third-order valence-corrected chi connectivity index (χ3v) is 4.75. The van der Waals surface area contributed by atoms with E-state index in [0.717, 1.165) is 28.1 Å². The molecule has 110 valence electrons. The Morgan fingerprint density at radius 2 is 2.19 bits per heavy atom. The lowest BCUT2D eigenvalue weighted by molar-refractivity contribution is -0.156. The maximum atomic E-state index is 11.8. The number of carbonyl (C=O) groups excluding carboxylic acids is 2. The van der Waals surface area contributed by atoms with Gasteiger partial charge in [-0.2, -0.15) is 0 Å². The van der Waals surface area contributed by atoms with Gasteiger partial charge in [-0.3, -0.25) is 9.59 Å². The number of benzene rings is 1. The minimum absolute atomic E-state index is 0.0644. The molecule has 1 atom stereocenters. The molecule has 0 saturated heterocycles. The summed E-state index contributed by atoms with van der Waals surface area (Å²) >= 11 is 1.60. The van der Waals surface area contributed by atoms with Crippen LogP contribution in [0.15, 0.2) is 24.3 Å². The molecule has 1 aromatic heterocycles. The first-order valence-corrected chi connectivity index (χ1v) is 8.10. The van der Waals surface area contributed by atoms with Crippen LogP contribution in [-0.4, -0.2) is 22.8 Å². The molecule has 3 rings (SSSR count). The van der Waals surface area contributed by atoms with Gasteiger partial charge in [0, 0.05) is 12.8 Å². The largest absolute Gasteiger partial charge is 0.454 e. The number of para-hydroxylation sites is 1. The molecule has 4 nitrogen and oxygen atoms in total. The number of hydrogen-bond donors (Lipinski definition) is 0. The van der Waals surface area contributed by atoms with Crippen molar-refractivity contribution >= 4 is 33.3 Å². The second kappa shape index (κ2) is 6.35. The zero-order valence-corrected chi connectivity index (χ0v) is 12.5. The van der Waals surface area contributed by atoms with Crippen molar-refractivity contribution < 1.29 is 14.3 Å². The molecule has 0 amide bonds. The number of aromatic nitrogens is 1. The van der Waals surface area contributed by atoms with Crippen LogP contribution in [0.2, 0.25) is 0 Å². The molecule has 1 fully saturated rings. The normalized spacial score (nSPS) is 18.9. The van der Waals surface area contributed by atoms with E-state index in [1.54, 1.807) is 11.3 Å². The highest BCUT2D eigenvalue weighted by Crippen LogP contribution is 2.23. The lowest BCUT2D eigenvalue weighted by atomic mass is 9.96. The minimum atomic E-state index is -0.512. The van der Waals surface area contributed by atoms with E-state index in [-0.39, 0.29) is 18.2 Å². The maximum Gasteiger partial charge on any atom is 0.306 e. The molecular formula is C16H17NO3S. The molecule has 0 N–H and O–H groups in total. The highest BCUT2D eigenvalue weighted by atomic mass is 32.1. The Bertz CT molecular complexity index is 631. The van der Waals surface area contributed by atoms with E-state index in [9.17, 15) is 9.59 Å². The number of ketones is 1. The molecule has 0 aliphatic heterocycles. The Labute approximate surface area is 127 Å². The van der Waals surface area contributed by atoms with Crippen molar-refractivity contribution in [3.63, 3.8) is 0 Å². The van der Waals surface area contributed by atoms with Gasteiger partial charge in [-0.05, 0) is 31.4 Å². The first-order valence-electron chi connectivity index (χ1n) is 7.29. The number of esters is 1. The first kappa shape index (κ1) is 14.2. The molecular weight excluding hydrogens is 286 g/mol. The van der Waals surface area contributed by atoms with Gasteiger partial charge in [0.15, 0.2) is 11.9 Å². The molecule has 1 aromatic carbocycles. The summed E-state index contributed by atoms with van der Waals surface area (Å²) in [5.41, 5.74) is 0.966. The number of thiazole rings is 1. The Kier molecular flexibility index (Phi) is 4.29. The van der Waals surface area contributed by atoms with Crippen LogP contribution in [-0.2, 0) is 20.7 Å². The summed E-state index contributed by atoms with van der Waals surface area (Å²) in [5, 5.41) is 0.933. The molecule has 1 saturated carbocycles. The standard InChI is InChI=1S/C16H17NO3S/c18-12-6-2-3-7-13(12)20-16(19)10-9-15-17-11-5-1-4-8-14(11)21-15/h1,4-5,8,13H,2-3,6-7,9-10H2. The summed E-state index contributed by atoms with van der Waals surface area (Å²) in [5.74, 6) is -0.232. The Morgan fingerprint density at radius 1 is 1.33 bits per heavy atom. The zero-order valence-electron chi connectivity index (χ0n) is 11.7. The molecule has 21 heavy (non-hydrogen) atoms. The summed E-state index contributed by atoms with van der Waals surface area (Å²) in [6, 6.07) is 7.92. The van der Waals surface area contributed by atoms with E-state index in [4.69, 9.17) is 4.74 Å². The summed E-state index contributed by atoms with van der Waals surface area (Å²) in [7, 11) is 0. The molecule has 0 spiro atoms. The van der Waals surface area contributed by atoms with Crippen molar-refractivity contribution in [1.82, 2.24) is 4.98 Å². The van der Waals surface area contributed by atoms with Gasteiger partial charge in [-0.25, -0.2) is 4.98 Å². The van der Waals surface area contributed by atoms with Crippen LogP contribution in [0.3, 0.4) is 0 Å². The van der Waals surface area contributed by atoms with E-state index >= 15 is 0 Å². The van der Waals surface area contributed by atoms with Crippen LogP contribution >= 0.6 is 11.3 Å². The minimum Gasteiger partial charge on any atom is -0.454 e. The third kappa shape index (κ3) is 3.47. The molecule has 1 aliphatic rings. The fraction of sp³-hybridized carbons (Fsp3) is 0.438. The molecule has 5 heteroatoms. The van der Waals surface area contributed by atoms with Gasteiger partial charge in [0.25, 0.3) is 0 Å². The Morgan fingerprint density at radius 3 is 3.00 bits per heavy atom. The molecule has 1 unspecified atom stereocenters. The van der Waals surface area contributed by atoms with E-state index in [1.807, 2.05) is 24.3 Å². The molecule has 1 aliphatic carbocycles. The molecule has 1 heterocycles. The van der Waals surface area contributed by atoms with Crippen molar-refractivity contribution in [3.05, 3.63) is 29.3 Å². The van der Waals surface area contributed by atoms with E-state index in [0.29, 0.717) is 19.3 Å². The average molecular weight is 303 g/mol. The van der Waals surface area contributed by atoms with Gasteiger partial charge < -0.3 is 4.74 Å². The highest BCUT2D eigenvalue weighted by Gasteiger charge is 2.25. The van der Waals surface area contributed by atoms with Gasteiger partial charge >= 0.3 is 5.97 Å². The summed E-state index contributed by atoms with van der Waals surface area (Å²) < 4.78 is 6.42. The zero-order chi connectivity index (χ0) is 14.7. The van der Waals surface area contributed by atoms with Crippen LogP contribution in [0.1, 0.15) is 37.1 Å². The number of aryl methyl sites for hydroxylation is 1. The average Bonchev–Trinajstić information content (AvgIpc) is 2.90. The van der Waals surface area contributed by atoms with E-state index in [1.165, 1.54) is 0 Å². The van der Waals surface area contributed by atoms with Crippen LogP contribution in [0, 0.1) is 0 Å². The monoisotopic (exact) mass is 303 g/mol. The fourth-order valence-electron chi connectivity index (χ4n) is 2.53. The predicted octanol–water partition coefficient (Wildman–Crippen LogP) is 3.28. The topological polar surface area (TPSA) is 56.3 Å². The maximum absolute atomic E-state index is 11.8. The van der Waals surface area contributed by atoms with Crippen LogP contribution < -0.4 is 0 Å². The van der Waals surface area contributed by atoms with Crippen LogP contribution in [0.5, 0.6) is 0 Å². The summed E-state index contributed by atoms with van der Waals surface area (Å²) in [6.45, 7) is 0. The van der Waals surface area contributed by atoms with Crippen molar-refractivity contribution in [2.75, 3.05) is 0 Å². The van der Waals surface area contributed by atoms with Gasteiger partial charge in [0.05, 0.1) is 21.6 Å². The second-order valence-electron chi connectivity index (χ2n) is 5.27. The number of Topliss-reactive ketones (excluding diaryl/α,β-unsaturated/α-hetero) is 1. The van der Waals surface area contributed by atoms with E-state index < -0.39 is 6.10 Å². The lowest BCUT2D eigenvalue weighted by Gasteiger charge is -2.20. The third-order valence-electron chi connectivity index (χ3n) is 3.65. The number of nitrogens with zero attached hydrogens (tertiary/aromatic N) is 1. The highest BCUT2D eigenvalue weighted by molar-refractivity contribution is 7.18. The fourth-order valence-corrected chi connectivity index (χ4v) is 3.50. The quantitative estimate of drug-likeness (QED) is 0.813. The molecule has 0 bridgehead atoms. The van der Waals surface area contributed by atoms with E-state index in [2.05, 4.69) is 4.98 Å². The van der Waals surface area contributed by atoms with Gasteiger partial charge in [-0.15, -0.1) is 11.3 Å². The molecule has 2 aromatic rings. The number of carbonyl (C=O) groups is 2. The second-order valence-corrected chi connectivity index (χ2v) is 6.38. The number of hydrogen-bond acceptors (Lipinski definition) is 5. The predicted molar refractivity (Wildman–Crippen MR) is 81.3 cm³/mol. The lowest BCUT2D eigenvalue weighted by Crippen LogP contribution is -2.30. The SMILES string of the molecule is O=C(CCc1nc2ccccc2s1)OC1CCCCC1=O. The van der Waals surface area contributed by atoms with Gasteiger partial charge in [-0.1, -0.05) is 12.1 Å². The van der Waals surface area contributed by atoms with Gasteiger partial charge in [0.2, 0.25) is 0 Å². The Hall–Kier alpha value is -1.75. The molecule has 0 radical (unpaired) electrons. The Balaban J connectivity index is 1.54. The number of rotatable bonds is 4. The smallest absolute Gasteiger partial charge is 0.306 e. The van der Waals surface area contributed by atoms with Crippen molar-refractivity contribution in [3.8, 4) is 0 Å². The summed E-state index contributed by atoms with van der Waals surface area (Å²) in [4.78, 5) is 28.0.